The van der Waals surface area contributed by atoms with Crippen molar-refractivity contribution >= 4 is 0 Å². The molecule has 0 heterocycles. The molecule has 0 saturated heterocycles. The van der Waals surface area contributed by atoms with Gasteiger partial charge in [-0.2, -0.15) is 0 Å². The number of benzene rings is 1. The van der Waals surface area contributed by atoms with Gasteiger partial charge in [0.05, 0.1) is 7.11 Å². The summed E-state index contributed by atoms with van der Waals surface area (Å²) >= 11 is 0. The van der Waals surface area contributed by atoms with Gasteiger partial charge in [0.1, 0.15) is 5.75 Å². The number of hydrogen-bond donors (Lipinski definition) is 1. The van der Waals surface area contributed by atoms with Crippen LogP contribution in [0.25, 0.3) is 0 Å². The van der Waals surface area contributed by atoms with Crippen LogP contribution in [-0.4, -0.2) is 37.2 Å². The second-order valence-corrected chi connectivity index (χ2v) is 6.08. The summed E-state index contributed by atoms with van der Waals surface area (Å²) in [7, 11) is 3.88. The summed E-state index contributed by atoms with van der Waals surface area (Å²) in [5.41, 5.74) is 7.20. The zero-order chi connectivity index (χ0) is 14.5. The van der Waals surface area contributed by atoms with E-state index in [0.717, 1.165) is 25.1 Å². The van der Waals surface area contributed by atoms with Gasteiger partial charge in [0.2, 0.25) is 0 Å². The molecule has 0 aliphatic carbocycles. The zero-order valence-electron chi connectivity index (χ0n) is 12.9. The fraction of sp³-hybridized carbons (Fsp3) is 0.625. The van der Waals surface area contributed by atoms with Crippen molar-refractivity contribution in [2.75, 3.05) is 20.7 Å². The number of para-hydroxylation sites is 1. The summed E-state index contributed by atoms with van der Waals surface area (Å²) in [5, 5.41) is 0. The first-order valence-electron chi connectivity index (χ1n) is 6.94. The molecule has 1 rings (SSSR count). The molecule has 2 N–H and O–H groups in total. The van der Waals surface area contributed by atoms with Crippen LogP contribution in [0.2, 0.25) is 0 Å². The highest BCUT2D eigenvalue weighted by atomic mass is 16.5. The van der Waals surface area contributed by atoms with E-state index in [1.165, 1.54) is 5.56 Å². The maximum absolute atomic E-state index is 6.04. The number of likely N-dealkylation sites (N-methyl/N-ethyl adjacent to an activating group) is 1. The molecule has 0 spiro atoms. The number of methoxy groups -OCH3 is 1. The first-order chi connectivity index (χ1) is 8.83. The molecular formula is C16H28N2O. The van der Waals surface area contributed by atoms with E-state index in [2.05, 4.69) is 44.9 Å². The molecule has 0 radical (unpaired) electrons. The summed E-state index contributed by atoms with van der Waals surface area (Å²) in [6.07, 6.45) is 1.99. The Labute approximate surface area is 117 Å². The van der Waals surface area contributed by atoms with Crippen molar-refractivity contribution in [2.24, 2.45) is 5.73 Å². The number of hydrogen-bond acceptors (Lipinski definition) is 3. The van der Waals surface area contributed by atoms with Gasteiger partial charge in [-0.05, 0) is 58.8 Å². The van der Waals surface area contributed by atoms with Crippen LogP contribution in [0.4, 0.5) is 0 Å². The summed E-state index contributed by atoms with van der Waals surface area (Å²) in [6, 6.07) is 8.70. The van der Waals surface area contributed by atoms with Gasteiger partial charge in [0, 0.05) is 11.6 Å². The number of nitrogens with zero attached hydrogens (tertiary/aromatic N) is 1. The third-order valence-electron chi connectivity index (χ3n) is 3.57. The fourth-order valence-electron chi connectivity index (χ4n) is 2.03. The van der Waals surface area contributed by atoms with Crippen LogP contribution < -0.4 is 10.5 Å². The van der Waals surface area contributed by atoms with Crippen molar-refractivity contribution in [3.8, 4) is 5.75 Å². The van der Waals surface area contributed by atoms with Crippen molar-refractivity contribution in [1.29, 1.82) is 0 Å². The average Bonchev–Trinajstić information content (AvgIpc) is 2.35. The highest BCUT2D eigenvalue weighted by molar-refractivity contribution is 5.33. The maximum atomic E-state index is 6.04. The second kappa shape index (κ2) is 6.92. The lowest BCUT2D eigenvalue weighted by Gasteiger charge is -2.28. The van der Waals surface area contributed by atoms with Crippen molar-refractivity contribution in [3.05, 3.63) is 29.8 Å². The second-order valence-electron chi connectivity index (χ2n) is 6.08. The van der Waals surface area contributed by atoms with Gasteiger partial charge in [-0.1, -0.05) is 18.2 Å². The van der Waals surface area contributed by atoms with E-state index in [-0.39, 0.29) is 5.54 Å². The fourth-order valence-corrected chi connectivity index (χ4v) is 2.03. The zero-order valence-corrected chi connectivity index (χ0v) is 12.9. The summed E-state index contributed by atoms with van der Waals surface area (Å²) in [4.78, 5) is 2.36. The van der Waals surface area contributed by atoms with Crippen LogP contribution in [-0.2, 0) is 6.42 Å². The van der Waals surface area contributed by atoms with Crippen molar-refractivity contribution in [3.63, 3.8) is 0 Å². The van der Waals surface area contributed by atoms with E-state index in [0.29, 0.717) is 6.04 Å². The average molecular weight is 264 g/mol. The van der Waals surface area contributed by atoms with E-state index >= 15 is 0 Å². The Morgan fingerprint density at radius 1 is 1.32 bits per heavy atom. The highest BCUT2D eigenvalue weighted by Crippen LogP contribution is 2.20. The standard InChI is InChI=1S/C16H28N2O/c1-13(18(4)11-10-16(2,3)17)12-14-8-6-7-9-15(14)19-5/h6-9,13H,10-12,17H2,1-5H3. The van der Waals surface area contributed by atoms with Crippen LogP contribution >= 0.6 is 0 Å². The van der Waals surface area contributed by atoms with Crippen LogP contribution in [0.1, 0.15) is 32.8 Å². The molecule has 0 saturated carbocycles. The molecule has 0 aliphatic rings. The van der Waals surface area contributed by atoms with Gasteiger partial charge in [-0.15, -0.1) is 0 Å². The summed E-state index contributed by atoms with van der Waals surface area (Å²) in [6.45, 7) is 7.41. The quantitative estimate of drug-likeness (QED) is 0.823. The minimum Gasteiger partial charge on any atom is -0.496 e. The van der Waals surface area contributed by atoms with Crippen LogP contribution in [0.5, 0.6) is 5.75 Å². The van der Waals surface area contributed by atoms with Crippen molar-refractivity contribution in [2.45, 2.75) is 45.2 Å². The lowest BCUT2D eigenvalue weighted by atomic mass is 10.0. The third kappa shape index (κ3) is 5.62. The number of rotatable bonds is 7. The lowest BCUT2D eigenvalue weighted by Crippen LogP contribution is -2.39. The van der Waals surface area contributed by atoms with E-state index < -0.39 is 0 Å². The largest absolute Gasteiger partial charge is 0.496 e. The SMILES string of the molecule is COc1ccccc1CC(C)N(C)CCC(C)(C)N. The van der Waals surface area contributed by atoms with Gasteiger partial charge in [-0.25, -0.2) is 0 Å². The molecule has 3 nitrogen and oxygen atoms in total. The Kier molecular flexibility index (Phi) is 5.83. The Bertz CT molecular complexity index is 385. The molecule has 0 bridgehead atoms. The molecule has 19 heavy (non-hydrogen) atoms. The third-order valence-corrected chi connectivity index (χ3v) is 3.57. The molecule has 0 aliphatic heterocycles. The van der Waals surface area contributed by atoms with E-state index in [9.17, 15) is 0 Å². The predicted octanol–water partition coefficient (Wildman–Crippen LogP) is 2.69. The van der Waals surface area contributed by atoms with Gasteiger partial charge >= 0.3 is 0 Å². The molecule has 3 heteroatoms. The molecular weight excluding hydrogens is 236 g/mol. The number of ether oxygens (including phenoxy) is 1. The normalized spacial score (nSPS) is 13.6. The lowest BCUT2D eigenvalue weighted by molar-refractivity contribution is 0.233. The molecule has 0 amide bonds. The topological polar surface area (TPSA) is 38.5 Å². The minimum absolute atomic E-state index is 0.0988. The Balaban J connectivity index is 2.56. The molecule has 1 unspecified atom stereocenters. The van der Waals surface area contributed by atoms with Crippen LogP contribution in [0.3, 0.4) is 0 Å². The van der Waals surface area contributed by atoms with E-state index in [1.54, 1.807) is 7.11 Å². The number of nitrogens with two attached hydrogens (primary N) is 1. The monoisotopic (exact) mass is 264 g/mol. The van der Waals surface area contributed by atoms with Crippen LogP contribution in [0.15, 0.2) is 24.3 Å². The van der Waals surface area contributed by atoms with Crippen molar-refractivity contribution in [1.82, 2.24) is 4.90 Å². The van der Waals surface area contributed by atoms with E-state index in [4.69, 9.17) is 10.5 Å². The summed E-state index contributed by atoms with van der Waals surface area (Å²) < 4.78 is 5.40. The predicted molar refractivity (Wildman–Crippen MR) is 81.7 cm³/mol. The van der Waals surface area contributed by atoms with Crippen molar-refractivity contribution < 1.29 is 4.74 Å². The molecule has 0 aromatic heterocycles. The molecule has 1 atom stereocenters. The first kappa shape index (κ1) is 16.0. The van der Waals surface area contributed by atoms with Gasteiger partial charge in [0.15, 0.2) is 0 Å². The highest BCUT2D eigenvalue weighted by Gasteiger charge is 2.16. The van der Waals surface area contributed by atoms with Gasteiger partial charge < -0.3 is 15.4 Å². The molecule has 108 valence electrons. The summed E-state index contributed by atoms with van der Waals surface area (Å²) in [5.74, 6) is 0.974. The smallest absolute Gasteiger partial charge is 0.122 e. The van der Waals surface area contributed by atoms with Gasteiger partial charge in [-0.3, -0.25) is 0 Å². The van der Waals surface area contributed by atoms with Crippen LogP contribution in [0, 0.1) is 0 Å². The molecule has 1 aromatic rings. The first-order valence-corrected chi connectivity index (χ1v) is 6.94. The Hall–Kier alpha value is -1.06. The molecule has 1 aromatic carbocycles. The van der Waals surface area contributed by atoms with E-state index in [1.807, 2.05) is 12.1 Å². The Morgan fingerprint density at radius 2 is 1.95 bits per heavy atom. The Morgan fingerprint density at radius 3 is 2.53 bits per heavy atom. The van der Waals surface area contributed by atoms with Gasteiger partial charge in [0.25, 0.3) is 0 Å². The molecule has 0 fully saturated rings. The minimum atomic E-state index is -0.0988. The maximum Gasteiger partial charge on any atom is 0.122 e.